The van der Waals surface area contributed by atoms with Crippen molar-refractivity contribution in [2.45, 2.75) is 33.1 Å². The van der Waals surface area contributed by atoms with Crippen LogP contribution in [0.1, 0.15) is 33.1 Å². The topological polar surface area (TPSA) is 57.6 Å². The highest BCUT2D eigenvalue weighted by atomic mass is 16.4. The Morgan fingerprint density at radius 3 is 2.44 bits per heavy atom. The highest BCUT2D eigenvalue weighted by Gasteiger charge is 2.34. The fourth-order valence-electron chi connectivity index (χ4n) is 1.93. The first-order valence-electron chi connectivity index (χ1n) is 5.86. The number of nitrogens with zero attached hydrogens (tertiary/aromatic N) is 1. The summed E-state index contributed by atoms with van der Waals surface area (Å²) in [5.74, 6) is 0.547. The third-order valence-corrected chi connectivity index (χ3v) is 3.26. The number of aliphatic carboxylic acids is 1. The van der Waals surface area contributed by atoms with E-state index in [0.29, 0.717) is 12.3 Å². The minimum absolute atomic E-state index is 0.0628. The minimum Gasteiger partial charge on any atom is -0.481 e. The van der Waals surface area contributed by atoms with Gasteiger partial charge in [0, 0.05) is 26.4 Å². The molecule has 0 bridgehead atoms. The summed E-state index contributed by atoms with van der Waals surface area (Å²) in [6, 6.07) is 0. The van der Waals surface area contributed by atoms with Gasteiger partial charge in [-0.1, -0.05) is 13.8 Å². The van der Waals surface area contributed by atoms with E-state index in [-0.39, 0.29) is 18.2 Å². The smallest absolute Gasteiger partial charge is 0.303 e. The number of amides is 1. The van der Waals surface area contributed by atoms with Crippen LogP contribution in [0.3, 0.4) is 0 Å². The monoisotopic (exact) mass is 227 g/mol. The Bertz CT molecular complexity index is 277. The Labute approximate surface area is 96.6 Å². The van der Waals surface area contributed by atoms with Crippen molar-refractivity contribution in [3.8, 4) is 0 Å². The second kappa shape index (κ2) is 5.32. The first-order chi connectivity index (χ1) is 7.40. The standard InChI is InChI=1S/C12H21NO3/c1-8(5-12(15)16)4-11(14)13(3)7-10-6-9(10)2/h8-10H,4-7H2,1-3H3,(H,15,16). The molecule has 1 amide bonds. The zero-order valence-corrected chi connectivity index (χ0v) is 10.3. The molecule has 0 saturated heterocycles. The van der Waals surface area contributed by atoms with Crippen LogP contribution in [-0.4, -0.2) is 35.5 Å². The van der Waals surface area contributed by atoms with Crippen LogP contribution in [-0.2, 0) is 9.59 Å². The molecule has 0 spiro atoms. The molecule has 4 nitrogen and oxygen atoms in total. The van der Waals surface area contributed by atoms with Crippen molar-refractivity contribution in [2.24, 2.45) is 17.8 Å². The summed E-state index contributed by atoms with van der Waals surface area (Å²) in [4.78, 5) is 23.9. The normalized spacial score (nSPS) is 24.9. The summed E-state index contributed by atoms with van der Waals surface area (Å²) in [7, 11) is 1.81. The maximum absolute atomic E-state index is 11.7. The molecule has 0 aromatic rings. The average molecular weight is 227 g/mol. The zero-order valence-electron chi connectivity index (χ0n) is 10.3. The Morgan fingerprint density at radius 1 is 1.44 bits per heavy atom. The van der Waals surface area contributed by atoms with Gasteiger partial charge >= 0.3 is 5.97 Å². The third kappa shape index (κ3) is 4.21. The lowest BCUT2D eigenvalue weighted by Gasteiger charge is -2.19. The van der Waals surface area contributed by atoms with Gasteiger partial charge in [0.1, 0.15) is 0 Å². The van der Waals surface area contributed by atoms with E-state index < -0.39 is 5.97 Å². The molecule has 3 atom stereocenters. The molecule has 16 heavy (non-hydrogen) atoms. The van der Waals surface area contributed by atoms with Crippen molar-refractivity contribution >= 4 is 11.9 Å². The Kier molecular flexibility index (Phi) is 4.33. The molecule has 0 heterocycles. The van der Waals surface area contributed by atoms with Crippen LogP contribution in [0.2, 0.25) is 0 Å². The van der Waals surface area contributed by atoms with Crippen LogP contribution < -0.4 is 0 Å². The maximum atomic E-state index is 11.7. The first kappa shape index (κ1) is 13.0. The number of hydrogen-bond donors (Lipinski definition) is 1. The highest BCUT2D eigenvalue weighted by Crippen LogP contribution is 2.38. The number of hydrogen-bond acceptors (Lipinski definition) is 2. The van der Waals surface area contributed by atoms with E-state index in [1.165, 1.54) is 6.42 Å². The molecular weight excluding hydrogens is 206 g/mol. The van der Waals surface area contributed by atoms with E-state index in [2.05, 4.69) is 6.92 Å². The molecular formula is C12H21NO3. The van der Waals surface area contributed by atoms with Crippen molar-refractivity contribution in [1.29, 1.82) is 0 Å². The predicted molar refractivity (Wildman–Crippen MR) is 60.9 cm³/mol. The maximum Gasteiger partial charge on any atom is 0.303 e. The molecule has 1 aliphatic carbocycles. The SMILES string of the molecule is CC(CC(=O)O)CC(=O)N(C)CC1CC1C. The van der Waals surface area contributed by atoms with Gasteiger partial charge in [0.2, 0.25) is 5.91 Å². The van der Waals surface area contributed by atoms with Gasteiger partial charge in [-0.3, -0.25) is 9.59 Å². The Balaban J connectivity index is 2.25. The molecule has 1 aliphatic rings. The van der Waals surface area contributed by atoms with Gasteiger partial charge in [0.05, 0.1) is 0 Å². The van der Waals surface area contributed by atoms with Crippen molar-refractivity contribution in [2.75, 3.05) is 13.6 Å². The van der Waals surface area contributed by atoms with Crippen molar-refractivity contribution < 1.29 is 14.7 Å². The van der Waals surface area contributed by atoms with Crippen LogP contribution in [0.5, 0.6) is 0 Å². The van der Waals surface area contributed by atoms with Crippen LogP contribution in [0.15, 0.2) is 0 Å². The van der Waals surface area contributed by atoms with Gasteiger partial charge in [-0.15, -0.1) is 0 Å². The fourth-order valence-corrected chi connectivity index (χ4v) is 1.93. The van der Waals surface area contributed by atoms with Gasteiger partial charge in [-0.25, -0.2) is 0 Å². The molecule has 1 saturated carbocycles. The molecule has 0 aromatic carbocycles. The lowest BCUT2D eigenvalue weighted by molar-refractivity contribution is -0.138. The van der Waals surface area contributed by atoms with Crippen molar-refractivity contribution in [3.63, 3.8) is 0 Å². The fraction of sp³-hybridized carbons (Fsp3) is 0.833. The van der Waals surface area contributed by atoms with Crippen LogP contribution in [0.25, 0.3) is 0 Å². The second-order valence-electron chi connectivity index (χ2n) is 5.15. The summed E-state index contributed by atoms with van der Waals surface area (Å²) in [5.41, 5.74) is 0. The molecule has 92 valence electrons. The third-order valence-electron chi connectivity index (χ3n) is 3.26. The molecule has 0 radical (unpaired) electrons. The first-order valence-corrected chi connectivity index (χ1v) is 5.86. The van der Waals surface area contributed by atoms with E-state index in [9.17, 15) is 9.59 Å². The molecule has 0 aliphatic heterocycles. The van der Waals surface area contributed by atoms with Crippen LogP contribution >= 0.6 is 0 Å². The van der Waals surface area contributed by atoms with E-state index in [0.717, 1.165) is 12.5 Å². The lowest BCUT2D eigenvalue weighted by atomic mass is 10.0. The Hall–Kier alpha value is -1.06. The van der Waals surface area contributed by atoms with E-state index in [1.807, 2.05) is 0 Å². The predicted octanol–water partition coefficient (Wildman–Crippen LogP) is 1.60. The summed E-state index contributed by atoms with van der Waals surface area (Å²) < 4.78 is 0. The lowest BCUT2D eigenvalue weighted by Crippen LogP contribution is -2.30. The van der Waals surface area contributed by atoms with Gasteiger partial charge < -0.3 is 10.0 Å². The van der Waals surface area contributed by atoms with E-state index in [4.69, 9.17) is 5.11 Å². The van der Waals surface area contributed by atoms with Crippen LogP contribution in [0.4, 0.5) is 0 Å². The van der Waals surface area contributed by atoms with Gasteiger partial charge in [0.25, 0.3) is 0 Å². The van der Waals surface area contributed by atoms with Gasteiger partial charge in [-0.05, 0) is 24.2 Å². The molecule has 1 N–H and O–H groups in total. The molecule has 4 heteroatoms. The summed E-state index contributed by atoms with van der Waals surface area (Å²) >= 11 is 0. The van der Waals surface area contributed by atoms with Crippen molar-refractivity contribution in [3.05, 3.63) is 0 Å². The number of carboxylic acids is 1. The van der Waals surface area contributed by atoms with Gasteiger partial charge in [0.15, 0.2) is 0 Å². The number of carbonyl (C=O) groups excluding carboxylic acids is 1. The number of carboxylic acid groups (broad SMARTS) is 1. The molecule has 1 fully saturated rings. The van der Waals surface area contributed by atoms with Crippen molar-refractivity contribution in [1.82, 2.24) is 4.90 Å². The second-order valence-corrected chi connectivity index (χ2v) is 5.15. The number of rotatable bonds is 6. The van der Waals surface area contributed by atoms with E-state index >= 15 is 0 Å². The molecule has 0 aromatic heterocycles. The number of carbonyl (C=O) groups is 2. The molecule has 1 rings (SSSR count). The van der Waals surface area contributed by atoms with Crippen LogP contribution in [0, 0.1) is 17.8 Å². The Morgan fingerprint density at radius 2 is 2.00 bits per heavy atom. The zero-order chi connectivity index (χ0) is 12.3. The minimum atomic E-state index is -0.834. The van der Waals surface area contributed by atoms with Gasteiger partial charge in [-0.2, -0.15) is 0 Å². The highest BCUT2D eigenvalue weighted by molar-refractivity contribution is 5.77. The van der Waals surface area contributed by atoms with E-state index in [1.54, 1.807) is 18.9 Å². The summed E-state index contributed by atoms with van der Waals surface area (Å²) in [6.07, 6.45) is 1.62. The largest absolute Gasteiger partial charge is 0.481 e. The summed E-state index contributed by atoms with van der Waals surface area (Å²) in [5, 5.41) is 8.60. The average Bonchev–Trinajstić information content (AvgIpc) is 2.79. The molecule has 3 unspecified atom stereocenters. The summed E-state index contributed by atoms with van der Waals surface area (Å²) in [6.45, 7) is 4.81. The quantitative estimate of drug-likeness (QED) is 0.750.